The number of carbonyl (C=O) groups excluding carboxylic acids is 2. The van der Waals surface area contributed by atoms with Crippen LogP contribution < -0.4 is 5.32 Å². The summed E-state index contributed by atoms with van der Waals surface area (Å²) in [5, 5.41) is 2.34. The summed E-state index contributed by atoms with van der Waals surface area (Å²) >= 11 is 3.04. The van der Waals surface area contributed by atoms with E-state index in [0.29, 0.717) is 11.1 Å². The van der Waals surface area contributed by atoms with E-state index in [0.717, 1.165) is 4.90 Å². The lowest BCUT2D eigenvalue weighted by atomic mass is 9.97. The number of hydrogen-bond donors (Lipinski definition) is 1. The van der Waals surface area contributed by atoms with Crippen molar-refractivity contribution in [3.8, 4) is 0 Å². The molecule has 1 aliphatic rings. The van der Waals surface area contributed by atoms with Gasteiger partial charge in [-0.15, -0.1) is 0 Å². The lowest BCUT2D eigenvalue weighted by Crippen LogP contribution is -2.47. The van der Waals surface area contributed by atoms with Gasteiger partial charge in [-0.3, -0.25) is 9.59 Å². The van der Waals surface area contributed by atoms with Crippen LogP contribution in [-0.2, 0) is 4.79 Å². The topological polar surface area (TPSA) is 62.6 Å². The van der Waals surface area contributed by atoms with Gasteiger partial charge in [-0.25, -0.2) is 0 Å². The zero-order valence-corrected chi connectivity index (χ0v) is 13.0. The lowest BCUT2D eigenvalue weighted by Gasteiger charge is -2.33. The number of amides is 2. The molecule has 2 heterocycles. The summed E-state index contributed by atoms with van der Waals surface area (Å²) in [6.45, 7) is -0.445. The van der Waals surface area contributed by atoms with Crippen LogP contribution in [0.2, 0.25) is 0 Å². The molecule has 5 nitrogen and oxygen atoms in total. The molecule has 2 rings (SSSR count). The van der Waals surface area contributed by atoms with Crippen LogP contribution in [0.1, 0.15) is 23.4 Å². The van der Waals surface area contributed by atoms with Gasteiger partial charge >= 0.3 is 6.18 Å². The molecule has 1 atom stereocenters. The molecule has 1 saturated heterocycles. The van der Waals surface area contributed by atoms with Gasteiger partial charge in [0.2, 0.25) is 5.91 Å². The standard InChI is InChI=1S/C13H14BrF3N2O3/c14-10-4-3-9(22-10)12(21)18-6-11(20)19-5-1-2-8(7-19)13(15,16)17/h3-4,8H,1-2,5-7H2,(H,18,21)/t8-/m1/s1. The Morgan fingerprint density at radius 1 is 1.41 bits per heavy atom. The van der Waals surface area contributed by atoms with Crippen molar-refractivity contribution >= 4 is 27.7 Å². The van der Waals surface area contributed by atoms with Crippen molar-refractivity contribution in [3.05, 3.63) is 22.6 Å². The molecule has 1 aliphatic heterocycles. The third kappa shape index (κ3) is 4.25. The maximum Gasteiger partial charge on any atom is 0.393 e. The Bertz CT molecular complexity index is 559. The van der Waals surface area contributed by atoms with Crippen molar-refractivity contribution in [1.82, 2.24) is 10.2 Å². The van der Waals surface area contributed by atoms with Crippen molar-refractivity contribution < 1.29 is 27.2 Å². The number of hydrogen-bond acceptors (Lipinski definition) is 3. The maximum atomic E-state index is 12.7. The van der Waals surface area contributed by atoms with Gasteiger partial charge in [-0.2, -0.15) is 13.2 Å². The fourth-order valence-corrected chi connectivity index (χ4v) is 2.57. The molecule has 1 N–H and O–H groups in total. The second-order valence-electron chi connectivity index (χ2n) is 5.01. The van der Waals surface area contributed by atoms with Crippen LogP contribution in [0.5, 0.6) is 0 Å². The molecule has 0 aliphatic carbocycles. The van der Waals surface area contributed by atoms with Crippen LogP contribution in [0.3, 0.4) is 0 Å². The van der Waals surface area contributed by atoms with Crippen LogP contribution in [-0.4, -0.2) is 42.5 Å². The second-order valence-corrected chi connectivity index (χ2v) is 5.79. The lowest BCUT2D eigenvalue weighted by molar-refractivity contribution is -0.187. The van der Waals surface area contributed by atoms with Gasteiger partial charge in [-0.05, 0) is 40.9 Å². The zero-order valence-electron chi connectivity index (χ0n) is 11.5. The summed E-state index contributed by atoms with van der Waals surface area (Å²) < 4.78 is 43.5. The summed E-state index contributed by atoms with van der Waals surface area (Å²) in [5.41, 5.74) is 0. The largest absolute Gasteiger partial charge is 0.444 e. The van der Waals surface area contributed by atoms with Crippen LogP contribution in [0.25, 0.3) is 0 Å². The fraction of sp³-hybridized carbons (Fsp3) is 0.538. The van der Waals surface area contributed by atoms with Gasteiger partial charge in [0.05, 0.1) is 12.5 Å². The number of nitrogens with one attached hydrogen (secondary N) is 1. The van der Waals surface area contributed by atoms with E-state index in [1.807, 2.05) is 0 Å². The van der Waals surface area contributed by atoms with Crippen molar-refractivity contribution in [2.45, 2.75) is 19.0 Å². The summed E-state index contributed by atoms with van der Waals surface area (Å²) in [6.07, 6.45) is -3.97. The van der Waals surface area contributed by atoms with Crippen molar-refractivity contribution in [2.24, 2.45) is 5.92 Å². The Kier molecular flexibility index (Phi) is 5.15. The normalized spacial score (nSPS) is 19.1. The first kappa shape index (κ1) is 16.9. The molecule has 0 unspecified atom stereocenters. The highest BCUT2D eigenvalue weighted by molar-refractivity contribution is 9.10. The predicted molar refractivity (Wildman–Crippen MR) is 74.1 cm³/mol. The first-order chi connectivity index (χ1) is 10.3. The van der Waals surface area contributed by atoms with Crippen molar-refractivity contribution in [2.75, 3.05) is 19.6 Å². The first-order valence-corrected chi connectivity index (χ1v) is 7.44. The van der Waals surface area contributed by atoms with E-state index < -0.39 is 23.9 Å². The molecule has 1 aromatic rings. The molecule has 2 amide bonds. The summed E-state index contributed by atoms with van der Waals surface area (Å²) in [5.74, 6) is -2.61. The van der Waals surface area contributed by atoms with Gasteiger partial charge in [0, 0.05) is 13.1 Å². The highest BCUT2D eigenvalue weighted by Gasteiger charge is 2.42. The quantitative estimate of drug-likeness (QED) is 0.873. The Labute approximate surface area is 133 Å². The van der Waals surface area contributed by atoms with Gasteiger partial charge in [0.1, 0.15) is 0 Å². The highest BCUT2D eigenvalue weighted by Crippen LogP contribution is 2.33. The number of rotatable bonds is 3. The minimum atomic E-state index is -4.30. The second kappa shape index (κ2) is 6.72. The molecule has 0 bridgehead atoms. The molecule has 0 radical (unpaired) electrons. The molecule has 22 heavy (non-hydrogen) atoms. The fourth-order valence-electron chi connectivity index (χ4n) is 2.26. The molecule has 0 aromatic carbocycles. The maximum absolute atomic E-state index is 12.7. The molecule has 1 fully saturated rings. The molecule has 122 valence electrons. The third-order valence-electron chi connectivity index (χ3n) is 3.43. The van der Waals surface area contributed by atoms with Gasteiger partial charge in [-0.1, -0.05) is 0 Å². The van der Waals surface area contributed by atoms with Gasteiger partial charge in [0.15, 0.2) is 10.4 Å². The number of likely N-dealkylation sites (tertiary alicyclic amines) is 1. The number of piperidine rings is 1. The average Bonchev–Trinajstić information content (AvgIpc) is 2.90. The van der Waals surface area contributed by atoms with Crippen LogP contribution in [0.15, 0.2) is 21.2 Å². The van der Waals surface area contributed by atoms with E-state index in [-0.39, 0.29) is 31.8 Å². The van der Waals surface area contributed by atoms with Gasteiger partial charge < -0.3 is 14.6 Å². The Hall–Kier alpha value is -1.51. The smallest absolute Gasteiger partial charge is 0.393 e. The van der Waals surface area contributed by atoms with E-state index >= 15 is 0 Å². The molecular formula is C13H14BrF3N2O3. The van der Waals surface area contributed by atoms with E-state index in [9.17, 15) is 22.8 Å². The minimum Gasteiger partial charge on any atom is -0.444 e. The number of carbonyl (C=O) groups is 2. The van der Waals surface area contributed by atoms with Crippen molar-refractivity contribution in [1.29, 1.82) is 0 Å². The number of alkyl halides is 3. The monoisotopic (exact) mass is 382 g/mol. The van der Waals surface area contributed by atoms with Crippen LogP contribution in [0.4, 0.5) is 13.2 Å². The predicted octanol–water partition coefficient (Wildman–Crippen LogP) is 2.57. The zero-order chi connectivity index (χ0) is 16.3. The minimum absolute atomic E-state index is 0.0199. The SMILES string of the molecule is O=C(NCC(=O)N1CCC[C@@H](C(F)(F)F)C1)c1ccc(Br)o1. The molecule has 0 spiro atoms. The Morgan fingerprint density at radius 2 is 2.14 bits per heavy atom. The van der Waals surface area contributed by atoms with Gasteiger partial charge in [0.25, 0.3) is 5.91 Å². The molecule has 9 heteroatoms. The van der Waals surface area contributed by atoms with Crippen LogP contribution >= 0.6 is 15.9 Å². The highest BCUT2D eigenvalue weighted by atomic mass is 79.9. The molecular weight excluding hydrogens is 369 g/mol. The summed E-state index contributed by atoms with van der Waals surface area (Å²) in [6, 6.07) is 2.94. The number of furan rings is 1. The van der Waals surface area contributed by atoms with E-state index in [2.05, 4.69) is 21.2 Å². The van der Waals surface area contributed by atoms with E-state index in [1.165, 1.54) is 12.1 Å². The third-order valence-corrected chi connectivity index (χ3v) is 3.86. The average molecular weight is 383 g/mol. The number of nitrogens with zero attached hydrogens (tertiary/aromatic N) is 1. The molecule has 1 aromatic heterocycles. The van der Waals surface area contributed by atoms with Crippen LogP contribution in [0, 0.1) is 5.92 Å². The molecule has 0 saturated carbocycles. The summed E-state index contributed by atoms with van der Waals surface area (Å²) in [7, 11) is 0. The summed E-state index contributed by atoms with van der Waals surface area (Å²) in [4.78, 5) is 24.7. The first-order valence-electron chi connectivity index (χ1n) is 6.65. The van der Waals surface area contributed by atoms with Crippen molar-refractivity contribution in [3.63, 3.8) is 0 Å². The van der Waals surface area contributed by atoms with E-state index in [4.69, 9.17) is 4.42 Å². The Balaban J connectivity index is 1.85. The van der Waals surface area contributed by atoms with E-state index in [1.54, 1.807) is 0 Å². The Morgan fingerprint density at radius 3 is 2.73 bits per heavy atom. The number of halogens is 4.